The summed E-state index contributed by atoms with van der Waals surface area (Å²) in [4.78, 5) is 21.2. The fourth-order valence-electron chi connectivity index (χ4n) is 1.11. The molecule has 1 unspecified atom stereocenters. The van der Waals surface area contributed by atoms with Crippen LogP contribution in [0.15, 0.2) is 16.5 Å². The lowest BCUT2D eigenvalue weighted by Crippen LogP contribution is -2.37. The molecule has 1 rings (SSSR count). The van der Waals surface area contributed by atoms with Gasteiger partial charge in [-0.3, -0.25) is 14.9 Å². The molecule has 1 aromatic heterocycles. The Kier molecular flexibility index (Phi) is 3.82. The molecule has 1 atom stereocenters. The standard InChI is InChI=1S/C10H11N3O4/c1-6(2)7(5-11)12-10(14)8-3-4-9(17-8)13(15)16/h3-4,6-7H,1-2H3,(H,12,14). The molecule has 0 saturated carbocycles. The van der Waals surface area contributed by atoms with E-state index in [9.17, 15) is 14.9 Å². The van der Waals surface area contributed by atoms with Crippen molar-refractivity contribution < 1.29 is 14.1 Å². The average Bonchev–Trinajstić information content (AvgIpc) is 2.74. The highest BCUT2D eigenvalue weighted by molar-refractivity contribution is 5.92. The van der Waals surface area contributed by atoms with Crippen LogP contribution in [0.2, 0.25) is 0 Å². The summed E-state index contributed by atoms with van der Waals surface area (Å²) in [5, 5.41) is 21.6. The number of hydrogen-bond donors (Lipinski definition) is 1. The van der Waals surface area contributed by atoms with Crippen LogP contribution in [0.5, 0.6) is 0 Å². The van der Waals surface area contributed by atoms with Crippen molar-refractivity contribution >= 4 is 11.8 Å². The first-order valence-electron chi connectivity index (χ1n) is 4.90. The molecule has 7 heteroatoms. The Hall–Kier alpha value is -2.36. The highest BCUT2D eigenvalue weighted by Gasteiger charge is 2.21. The van der Waals surface area contributed by atoms with E-state index >= 15 is 0 Å². The molecule has 1 aromatic rings. The number of nitriles is 1. The SMILES string of the molecule is CC(C)C(C#N)NC(=O)c1ccc([N+](=O)[O-])o1. The van der Waals surface area contributed by atoms with Gasteiger partial charge in [0.05, 0.1) is 12.1 Å². The van der Waals surface area contributed by atoms with E-state index in [1.54, 1.807) is 13.8 Å². The molecule has 0 aliphatic rings. The van der Waals surface area contributed by atoms with Gasteiger partial charge in [-0.2, -0.15) is 5.26 Å². The minimum absolute atomic E-state index is 0.0612. The van der Waals surface area contributed by atoms with Crippen LogP contribution in [-0.2, 0) is 0 Å². The molecule has 0 bridgehead atoms. The summed E-state index contributed by atoms with van der Waals surface area (Å²) in [6.07, 6.45) is 0. The molecule has 1 amide bonds. The largest absolute Gasteiger partial charge is 0.433 e. The van der Waals surface area contributed by atoms with Crippen LogP contribution in [0.4, 0.5) is 5.88 Å². The van der Waals surface area contributed by atoms with E-state index in [2.05, 4.69) is 5.32 Å². The van der Waals surface area contributed by atoms with Gasteiger partial charge in [0.25, 0.3) is 5.91 Å². The van der Waals surface area contributed by atoms with Crippen molar-refractivity contribution in [3.8, 4) is 6.07 Å². The number of hydrogen-bond acceptors (Lipinski definition) is 5. The van der Waals surface area contributed by atoms with Gasteiger partial charge in [0.1, 0.15) is 11.0 Å². The average molecular weight is 237 g/mol. The second kappa shape index (κ2) is 5.12. The van der Waals surface area contributed by atoms with Crippen molar-refractivity contribution in [3.05, 3.63) is 28.0 Å². The predicted molar refractivity (Wildman–Crippen MR) is 57.1 cm³/mol. The van der Waals surface area contributed by atoms with Crippen LogP contribution >= 0.6 is 0 Å². The lowest BCUT2D eigenvalue weighted by molar-refractivity contribution is -0.402. The highest BCUT2D eigenvalue weighted by Crippen LogP contribution is 2.15. The number of amides is 1. The molecule has 7 nitrogen and oxygen atoms in total. The van der Waals surface area contributed by atoms with Crippen molar-refractivity contribution in [2.45, 2.75) is 19.9 Å². The van der Waals surface area contributed by atoms with Crippen LogP contribution in [-0.4, -0.2) is 16.9 Å². The second-order valence-corrected chi connectivity index (χ2v) is 3.72. The maximum atomic E-state index is 11.6. The van der Waals surface area contributed by atoms with Gasteiger partial charge in [0.2, 0.25) is 0 Å². The lowest BCUT2D eigenvalue weighted by Gasteiger charge is -2.13. The maximum absolute atomic E-state index is 11.6. The van der Waals surface area contributed by atoms with Gasteiger partial charge in [-0.15, -0.1) is 0 Å². The number of nitrogens with one attached hydrogen (secondary N) is 1. The molecule has 0 radical (unpaired) electrons. The minimum Gasteiger partial charge on any atom is -0.395 e. The third-order valence-corrected chi connectivity index (χ3v) is 2.09. The molecule has 0 aromatic carbocycles. The van der Waals surface area contributed by atoms with E-state index in [1.807, 2.05) is 6.07 Å². The molecule has 90 valence electrons. The zero-order valence-corrected chi connectivity index (χ0v) is 9.34. The molecular formula is C10H11N3O4. The zero-order chi connectivity index (χ0) is 13.0. The minimum atomic E-state index is -0.735. The first kappa shape index (κ1) is 12.7. The topological polar surface area (TPSA) is 109 Å². The summed E-state index contributed by atoms with van der Waals surface area (Å²) < 4.78 is 4.71. The van der Waals surface area contributed by atoms with Crippen molar-refractivity contribution in [1.82, 2.24) is 5.32 Å². The Labute approximate surface area is 97.2 Å². The first-order chi connectivity index (χ1) is 7.95. The van der Waals surface area contributed by atoms with Crippen LogP contribution in [0.3, 0.4) is 0 Å². The normalized spacial score (nSPS) is 11.9. The molecule has 0 spiro atoms. The second-order valence-electron chi connectivity index (χ2n) is 3.72. The van der Waals surface area contributed by atoms with Crippen LogP contribution < -0.4 is 5.32 Å². The van der Waals surface area contributed by atoms with Gasteiger partial charge >= 0.3 is 5.88 Å². The summed E-state index contributed by atoms with van der Waals surface area (Å²) >= 11 is 0. The first-order valence-corrected chi connectivity index (χ1v) is 4.90. The fraction of sp³-hybridized carbons (Fsp3) is 0.400. The quantitative estimate of drug-likeness (QED) is 0.629. The van der Waals surface area contributed by atoms with E-state index in [0.717, 1.165) is 6.07 Å². The van der Waals surface area contributed by atoms with E-state index in [4.69, 9.17) is 9.68 Å². The van der Waals surface area contributed by atoms with Gasteiger partial charge in [-0.05, 0) is 12.0 Å². The van der Waals surface area contributed by atoms with Crippen molar-refractivity contribution in [2.24, 2.45) is 5.92 Å². The molecule has 0 aliphatic carbocycles. The van der Waals surface area contributed by atoms with Crippen molar-refractivity contribution in [3.63, 3.8) is 0 Å². The van der Waals surface area contributed by atoms with Gasteiger partial charge in [-0.1, -0.05) is 13.8 Å². The highest BCUT2D eigenvalue weighted by atomic mass is 16.6. The summed E-state index contributed by atoms with van der Waals surface area (Å²) in [6.45, 7) is 3.55. The molecule has 0 aliphatic heterocycles. The third-order valence-electron chi connectivity index (χ3n) is 2.09. The number of rotatable bonds is 4. The zero-order valence-electron chi connectivity index (χ0n) is 9.34. The van der Waals surface area contributed by atoms with E-state index in [-0.39, 0.29) is 11.7 Å². The Bertz CT molecular complexity index is 472. The smallest absolute Gasteiger partial charge is 0.395 e. The fourth-order valence-corrected chi connectivity index (χ4v) is 1.11. The van der Waals surface area contributed by atoms with Gasteiger partial charge in [0, 0.05) is 0 Å². The third kappa shape index (κ3) is 3.04. The predicted octanol–water partition coefficient (Wildman–Crippen LogP) is 1.47. The van der Waals surface area contributed by atoms with Gasteiger partial charge in [-0.25, -0.2) is 0 Å². The number of nitrogens with zero attached hydrogens (tertiary/aromatic N) is 2. The summed E-state index contributed by atoms with van der Waals surface area (Å²) in [7, 11) is 0. The van der Waals surface area contributed by atoms with Crippen LogP contribution in [0.1, 0.15) is 24.4 Å². The molecular weight excluding hydrogens is 226 g/mol. The van der Waals surface area contributed by atoms with Crippen LogP contribution in [0, 0.1) is 27.4 Å². The van der Waals surface area contributed by atoms with Crippen molar-refractivity contribution in [1.29, 1.82) is 5.26 Å². The van der Waals surface area contributed by atoms with Gasteiger partial charge < -0.3 is 9.73 Å². The Morgan fingerprint density at radius 2 is 2.24 bits per heavy atom. The number of furan rings is 1. The van der Waals surface area contributed by atoms with Crippen LogP contribution in [0.25, 0.3) is 0 Å². The van der Waals surface area contributed by atoms with E-state index < -0.39 is 22.8 Å². The Morgan fingerprint density at radius 1 is 1.59 bits per heavy atom. The molecule has 1 heterocycles. The lowest BCUT2D eigenvalue weighted by atomic mass is 10.1. The Morgan fingerprint density at radius 3 is 2.65 bits per heavy atom. The van der Waals surface area contributed by atoms with Gasteiger partial charge in [0.15, 0.2) is 5.76 Å². The van der Waals surface area contributed by atoms with E-state index in [1.165, 1.54) is 6.07 Å². The molecule has 0 fully saturated rings. The monoisotopic (exact) mass is 237 g/mol. The number of carbonyl (C=O) groups is 1. The molecule has 1 N–H and O–H groups in total. The Balaban J connectivity index is 2.76. The molecule has 17 heavy (non-hydrogen) atoms. The summed E-state index contributed by atoms with van der Waals surface area (Å²) in [5.41, 5.74) is 0. The van der Waals surface area contributed by atoms with E-state index in [0.29, 0.717) is 0 Å². The summed E-state index contributed by atoms with van der Waals surface area (Å²) in [6, 6.07) is 3.55. The number of carbonyl (C=O) groups excluding carboxylic acids is 1. The number of nitro groups is 1. The maximum Gasteiger partial charge on any atom is 0.433 e. The molecule has 0 saturated heterocycles. The summed E-state index contributed by atoms with van der Waals surface area (Å²) in [5.74, 6) is -1.39. The van der Waals surface area contributed by atoms with Crippen molar-refractivity contribution in [2.75, 3.05) is 0 Å².